The molecule has 0 amide bonds. The summed E-state index contributed by atoms with van der Waals surface area (Å²) in [5, 5.41) is 0. The molecule has 2 aromatic heterocycles. The zero-order valence-electron chi connectivity index (χ0n) is 8.81. The second kappa shape index (κ2) is 3.89. The maximum absolute atomic E-state index is 11.7. The Kier molecular flexibility index (Phi) is 2.25. The molecular formula is C11H9N3O3. The van der Waals surface area contributed by atoms with Crippen LogP contribution in [0.2, 0.25) is 0 Å². The zero-order chi connectivity index (χ0) is 11.7. The molecule has 0 atom stereocenters. The van der Waals surface area contributed by atoms with Crippen LogP contribution in [0.3, 0.4) is 0 Å². The lowest BCUT2D eigenvalue weighted by Crippen LogP contribution is -2.27. The quantitative estimate of drug-likeness (QED) is 0.758. The smallest absolute Gasteiger partial charge is 0.270 e. The molecule has 0 saturated carbocycles. The van der Waals surface area contributed by atoms with E-state index in [9.17, 15) is 4.79 Å². The van der Waals surface area contributed by atoms with Gasteiger partial charge in [0.15, 0.2) is 5.65 Å². The maximum Gasteiger partial charge on any atom is 0.270 e. The topological polar surface area (TPSA) is 66.2 Å². The van der Waals surface area contributed by atoms with Crippen molar-refractivity contribution in [1.29, 1.82) is 0 Å². The maximum atomic E-state index is 11.7. The average molecular weight is 231 g/mol. The molecule has 0 radical (unpaired) electrons. The van der Waals surface area contributed by atoms with Gasteiger partial charge in [0, 0.05) is 6.20 Å². The van der Waals surface area contributed by atoms with E-state index in [-0.39, 0.29) is 12.1 Å². The van der Waals surface area contributed by atoms with Gasteiger partial charge in [-0.25, -0.2) is 9.97 Å². The number of hydrogen-bond donors (Lipinski definition) is 0. The van der Waals surface area contributed by atoms with Gasteiger partial charge in [-0.3, -0.25) is 9.36 Å². The van der Waals surface area contributed by atoms with Crippen LogP contribution in [0.25, 0.3) is 11.2 Å². The van der Waals surface area contributed by atoms with Crippen LogP contribution in [0.15, 0.2) is 41.8 Å². The Morgan fingerprint density at radius 2 is 2.12 bits per heavy atom. The van der Waals surface area contributed by atoms with Crippen LogP contribution in [0.4, 0.5) is 0 Å². The van der Waals surface area contributed by atoms with Gasteiger partial charge in [0.2, 0.25) is 0 Å². The van der Waals surface area contributed by atoms with Crippen LogP contribution in [-0.4, -0.2) is 20.8 Å². The third kappa shape index (κ3) is 1.73. The van der Waals surface area contributed by atoms with Crippen LogP contribution in [0, 0.1) is 0 Å². The fraction of sp³-hybridized carbons (Fsp3) is 0.182. The van der Waals surface area contributed by atoms with E-state index in [1.807, 2.05) is 0 Å². The van der Waals surface area contributed by atoms with E-state index in [0.29, 0.717) is 11.2 Å². The van der Waals surface area contributed by atoms with Crippen molar-refractivity contribution in [2.75, 3.05) is 0 Å². The summed E-state index contributed by atoms with van der Waals surface area (Å²) in [6, 6.07) is 3.57. The molecule has 0 bridgehead atoms. The van der Waals surface area contributed by atoms with Crippen LogP contribution in [0.1, 0.15) is 0 Å². The summed E-state index contributed by atoms with van der Waals surface area (Å²) >= 11 is 0. The van der Waals surface area contributed by atoms with Crippen molar-refractivity contribution in [2.45, 2.75) is 12.8 Å². The molecule has 86 valence electrons. The van der Waals surface area contributed by atoms with Crippen molar-refractivity contribution in [3.63, 3.8) is 0 Å². The monoisotopic (exact) mass is 231 g/mol. The van der Waals surface area contributed by atoms with Gasteiger partial charge in [-0.2, -0.15) is 0 Å². The number of ether oxygens (including phenoxy) is 2. The minimum Gasteiger partial charge on any atom is -0.457 e. The summed E-state index contributed by atoms with van der Waals surface area (Å²) in [7, 11) is 0. The molecule has 0 unspecified atom stereocenters. The molecule has 0 saturated heterocycles. The van der Waals surface area contributed by atoms with Gasteiger partial charge in [-0.15, -0.1) is 0 Å². The first-order valence-corrected chi connectivity index (χ1v) is 5.11. The first-order chi connectivity index (χ1) is 8.34. The second-order valence-electron chi connectivity index (χ2n) is 3.53. The number of hydrogen-bond acceptors (Lipinski definition) is 5. The number of pyridine rings is 1. The van der Waals surface area contributed by atoms with Crippen molar-refractivity contribution in [2.24, 2.45) is 0 Å². The molecule has 3 heterocycles. The lowest BCUT2D eigenvalue weighted by atomic mass is 10.4. The summed E-state index contributed by atoms with van der Waals surface area (Å²) in [6.45, 7) is 0.280. The third-order valence-electron chi connectivity index (χ3n) is 2.45. The van der Waals surface area contributed by atoms with Crippen molar-refractivity contribution >= 4 is 11.2 Å². The molecule has 0 aromatic carbocycles. The van der Waals surface area contributed by atoms with Gasteiger partial charge < -0.3 is 9.47 Å². The lowest BCUT2D eigenvalue weighted by Gasteiger charge is -2.13. The van der Waals surface area contributed by atoms with E-state index < -0.39 is 6.29 Å². The van der Waals surface area contributed by atoms with Gasteiger partial charge in [-0.1, -0.05) is 0 Å². The predicted molar refractivity (Wildman–Crippen MR) is 58.9 cm³/mol. The SMILES string of the molecule is O=c1cnc2cccnc2n1CC1OC=CO1. The Morgan fingerprint density at radius 1 is 1.29 bits per heavy atom. The average Bonchev–Trinajstić information content (AvgIpc) is 2.86. The molecule has 0 aliphatic carbocycles. The van der Waals surface area contributed by atoms with Gasteiger partial charge in [0.05, 0.1) is 6.20 Å². The van der Waals surface area contributed by atoms with E-state index in [1.165, 1.54) is 23.3 Å². The van der Waals surface area contributed by atoms with Gasteiger partial charge in [0.1, 0.15) is 24.6 Å². The lowest BCUT2D eigenvalue weighted by molar-refractivity contribution is -0.0341. The summed E-state index contributed by atoms with van der Waals surface area (Å²) in [6.07, 6.45) is 5.31. The number of fused-ring (bicyclic) bond motifs is 1. The fourth-order valence-corrected chi connectivity index (χ4v) is 1.68. The molecule has 3 rings (SSSR count). The molecule has 0 N–H and O–H groups in total. The third-order valence-corrected chi connectivity index (χ3v) is 2.45. The molecule has 1 aliphatic heterocycles. The van der Waals surface area contributed by atoms with Crippen molar-refractivity contribution in [1.82, 2.24) is 14.5 Å². The highest BCUT2D eigenvalue weighted by atomic mass is 16.7. The largest absolute Gasteiger partial charge is 0.457 e. The summed E-state index contributed by atoms with van der Waals surface area (Å²) in [5.41, 5.74) is 0.965. The van der Waals surface area contributed by atoms with Crippen molar-refractivity contribution < 1.29 is 9.47 Å². The summed E-state index contributed by atoms with van der Waals surface area (Å²) < 4.78 is 11.8. The molecule has 0 spiro atoms. The summed E-state index contributed by atoms with van der Waals surface area (Å²) in [5.74, 6) is 0. The fourth-order valence-electron chi connectivity index (χ4n) is 1.68. The van der Waals surface area contributed by atoms with Crippen molar-refractivity contribution in [3.05, 3.63) is 47.4 Å². The highest BCUT2D eigenvalue weighted by Crippen LogP contribution is 2.10. The Balaban J connectivity index is 2.07. The minimum atomic E-state index is -0.486. The van der Waals surface area contributed by atoms with Gasteiger partial charge >= 0.3 is 0 Å². The Labute approximate surface area is 96.1 Å². The Hall–Kier alpha value is -2.37. The first-order valence-electron chi connectivity index (χ1n) is 5.11. The molecule has 6 nitrogen and oxygen atoms in total. The Bertz CT molecular complexity index is 627. The predicted octanol–water partition coefficient (Wildman–Crippen LogP) is 0.636. The molecule has 1 aliphatic rings. The number of aromatic nitrogens is 3. The molecule has 0 fully saturated rings. The zero-order valence-corrected chi connectivity index (χ0v) is 8.81. The van der Waals surface area contributed by atoms with E-state index in [1.54, 1.807) is 18.3 Å². The highest BCUT2D eigenvalue weighted by Gasteiger charge is 2.16. The van der Waals surface area contributed by atoms with Crippen LogP contribution >= 0.6 is 0 Å². The van der Waals surface area contributed by atoms with E-state index >= 15 is 0 Å². The minimum absolute atomic E-state index is 0.227. The number of rotatable bonds is 2. The number of nitrogens with zero attached hydrogens (tertiary/aromatic N) is 3. The van der Waals surface area contributed by atoms with Gasteiger partial charge in [-0.05, 0) is 12.1 Å². The molecule has 6 heteroatoms. The van der Waals surface area contributed by atoms with Gasteiger partial charge in [0.25, 0.3) is 11.8 Å². The molecular weight excluding hydrogens is 222 g/mol. The van der Waals surface area contributed by atoms with Crippen molar-refractivity contribution in [3.8, 4) is 0 Å². The normalized spacial score (nSPS) is 14.8. The second-order valence-corrected chi connectivity index (χ2v) is 3.53. The van der Waals surface area contributed by atoms with E-state index in [4.69, 9.17) is 9.47 Å². The molecule has 17 heavy (non-hydrogen) atoms. The summed E-state index contributed by atoms with van der Waals surface area (Å²) in [4.78, 5) is 19.9. The van der Waals surface area contributed by atoms with E-state index in [2.05, 4.69) is 9.97 Å². The van der Waals surface area contributed by atoms with Crippen LogP contribution in [-0.2, 0) is 16.0 Å². The Morgan fingerprint density at radius 3 is 2.94 bits per heavy atom. The molecule has 2 aromatic rings. The highest BCUT2D eigenvalue weighted by molar-refractivity contribution is 5.69. The van der Waals surface area contributed by atoms with Crippen LogP contribution in [0.5, 0.6) is 0 Å². The van der Waals surface area contributed by atoms with Crippen LogP contribution < -0.4 is 5.56 Å². The first kappa shape index (κ1) is 9.83. The van der Waals surface area contributed by atoms with E-state index in [0.717, 1.165) is 0 Å². The standard InChI is InChI=1S/C11H9N3O3/c15-9-6-13-8-2-1-3-12-11(8)14(9)7-10-16-4-5-17-10/h1-6,10H,7H2.